The number of H-pyrrole nitrogens is 1. The molecule has 3 rings (SSSR count). The van der Waals surface area contributed by atoms with Gasteiger partial charge in [0.15, 0.2) is 5.65 Å². The van der Waals surface area contributed by atoms with E-state index in [0.717, 1.165) is 18.7 Å². The largest absolute Gasteiger partial charge is 0.367 e. The van der Waals surface area contributed by atoms with E-state index in [0.29, 0.717) is 30.0 Å². The lowest BCUT2D eigenvalue weighted by atomic mass is 10.0. The van der Waals surface area contributed by atoms with Gasteiger partial charge >= 0.3 is 5.69 Å². The van der Waals surface area contributed by atoms with Crippen molar-refractivity contribution in [1.29, 1.82) is 0 Å². The summed E-state index contributed by atoms with van der Waals surface area (Å²) in [5.74, 6) is 1.88. The molecule has 1 fully saturated rings. The molecule has 7 nitrogen and oxygen atoms in total. The van der Waals surface area contributed by atoms with E-state index in [-0.39, 0.29) is 5.69 Å². The van der Waals surface area contributed by atoms with E-state index in [1.807, 2.05) is 0 Å². The summed E-state index contributed by atoms with van der Waals surface area (Å²) in [6.07, 6.45) is 3.47. The quantitative estimate of drug-likeness (QED) is 0.737. The number of rotatable bonds is 3. The molecule has 2 atom stereocenters. The van der Waals surface area contributed by atoms with Gasteiger partial charge in [0, 0.05) is 12.1 Å². The maximum Gasteiger partial charge on any atom is 0.349 e. The van der Waals surface area contributed by atoms with E-state index in [2.05, 4.69) is 20.5 Å². The predicted octanol–water partition coefficient (Wildman–Crippen LogP) is 0.265. The standard InChI is InChI=1S/C12H18N6O/c1-7-14-10(5-11-16-17-12(19)18(7)11)15-9-4-2-3-8(9)6-13/h5,8-9,15H,2-4,6,13H2,1H3,(H,17,19). The summed E-state index contributed by atoms with van der Waals surface area (Å²) in [7, 11) is 0. The molecule has 0 saturated heterocycles. The van der Waals surface area contributed by atoms with Crippen molar-refractivity contribution in [1.82, 2.24) is 19.6 Å². The van der Waals surface area contributed by atoms with Gasteiger partial charge in [-0.25, -0.2) is 19.3 Å². The molecular weight excluding hydrogens is 244 g/mol. The zero-order chi connectivity index (χ0) is 13.4. The van der Waals surface area contributed by atoms with Gasteiger partial charge in [0.1, 0.15) is 11.6 Å². The molecule has 2 heterocycles. The summed E-state index contributed by atoms with van der Waals surface area (Å²) in [5, 5.41) is 9.83. The molecule has 7 heteroatoms. The first kappa shape index (κ1) is 12.2. The number of hydrogen-bond acceptors (Lipinski definition) is 5. The second-order valence-corrected chi connectivity index (χ2v) is 5.09. The number of nitrogens with two attached hydrogens (primary N) is 1. The molecule has 19 heavy (non-hydrogen) atoms. The lowest BCUT2D eigenvalue weighted by molar-refractivity contribution is 0.515. The van der Waals surface area contributed by atoms with Crippen molar-refractivity contribution < 1.29 is 0 Å². The van der Waals surface area contributed by atoms with Crippen LogP contribution in [0.2, 0.25) is 0 Å². The third kappa shape index (κ3) is 2.10. The number of aromatic amines is 1. The highest BCUT2D eigenvalue weighted by Gasteiger charge is 2.26. The van der Waals surface area contributed by atoms with E-state index in [4.69, 9.17) is 5.73 Å². The Bertz CT molecular complexity index is 645. The van der Waals surface area contributed by atoms with Crippen LogP contribution in [0.15, 0.2) is 10.9 Å². The van der Waals surface area contributed by atoms with Crippen molar-refractivity contribution in [2.45, 2.75) is 32.2 Å². The van der Waals surface area contributed by atoms with Crippen LogP contribution in [0.1, 0.15) is 25.1 Å². The number of fused-ring (bicyclic) bond motifs is 1. The second-order valence-electron chi connectivity index (χ2n) is 5.09. The monoisotopic (exact) mass is 262 g/mol. The highest BCUT2D eigenvalue weighted by Crippen LogP contribution is 2.27. The van der Waals surface area contributed by atoms with Gasteiger partial charge in [-0.3, -0.25) is 0 Å². The van der Waals surface area contributed by atoms with Gasteiger partial charge in [-0.15, -0.1) is 0 Å². The van der Waals surface area contributed by atoms with Crippen LogP contribution in [0.25, 0.3) is 5.65 Å². The third-order valence-corrected chi connectivity index (χ3v) is 3.87. The Morgan fingerprint density at radius 2 is 2.42 bits per heavy atom. The minimum atomic E-state index is -0.257. The normalized spacial score (nSPS) is 23.1. The Morgan fingerprint density at radius 1 is 1.58 bits per heavy atom. The number of anilines is 1. The van der Waals surface area contributed by atoms with Crippen molar-refractivity contribution in [3.63, 3.8) is 0 Å². The van der Waals surface area contributed by atoms with Crippen LogP contribution in [-0.4, -0.2) is 32.2 Å². The van der Waals surface area contributed by atoms with Gasteiger partial charge in [0.25, 0.3) is 0 Å². The molecule has 2 unspecified atom stereocenters. The second kappa shape index (κ2) is 4.65. The Morgan fingerprint density at radius 3 is 3.21 bits per heavy atom. The Balaban J connectivity index is 1.91. The van der Waals surface area contributed by atoms with Crippen molar-refractivity contribution in [2.24, 2.45) is 11.7 Å². The van der Waals surface area contributed by atoms with Gasteiger partial charge in [-0.2, -0.15) is 5.10 Å². The number of aryl methyl sites for hydroxylation is 1. The summed E-state index contributed by atoms with van der Waals surface area (Å²) in [4.78, 5) is 15.9. The van der Waals surface area contributed by atoms with Gasteiger partial charge in [0.05, 0.1) is 0 Å². The van der Waals surface area contributed by atoms with Gasteiger partial charge in [-0.1, -0.05) is 6.42 Å². The first-order valence-corrected chi connectivity index (χ1v) is 6.60. The minimum Gasteiger partial charge on any atom is -0.367 e. The molecule has 0 aromatic carbocycles. The lowest BCUT2D eigenvalue weighted by Gasteiger charge is -2.20. The maximum atomic E-state index is 11.5. The SMILES string of the molecule is Cc1nc(NC2CCCC2CN)cc2n[nH]c(=O)n12. The fourth-order valence-electron chi connectivity index (χ4n) is 2.87. The first-order valence-electron chi connectivity index (χ1n) is 6.60. The average Bonchev–Trinajstić information content (AvgIpc) is 2.96. The molecule has 0 radical (unpaired) electrons. The van der Waals surface area contributed by atoms with Crippen molar-refractivity contribution in [2.75, 3.05) is 11.9 Å². The molecule has 2 aromatic rings. The molecule has 0 bridgehead atoms. The van der Waals surface area contributed by atoms with Crippen molar-refractivity contribution in [3.8, 4) is 0 Å². The van der Waals surface area contributed by atoms with E-state index < -0.39 is 0 Å². The maximum absolute atomic E-state index is 11.5. The Kier molecular flexibility index (Phi) is 2.98. The van der Waals surface area contributed by atoms with Crippen LogP contribution in [0.5, 0.6) is 0 Å². The number of hydrogen-bond donors (Lipinski definition) is 3. The molecule has 0 aliphatic heterocycles. The highest BCUT2D eigenvalue weighted by molar-refractivity contribution is 5.50. The lowest BCUT2D eigenvalue weighted by Crippen LogP contribution is -2.30. The van der Waals surface area contributed by atoms with Crippen LogP contribution >= 0.6 is 0 Å². The molecule has 1 aliphatic carbocycles. The van der Waals surface area contributed by atoms with Crippen LogP contribution < -0.4 is 16.7 Å². The van der Waals surface area contributed by atoms with Crippen LogP contribution in [-0.2, 0) is 0 Å². The Labute approximate surface area is 110 Å². The molecule has 4 N–H and O–H groups in total. The summed E-state index contributed by atoms with van der Waals surface area (Å²) in [6, 6.07) is 2.15. The van der Waals surface area contributed by atoms with Crippen LogP contribution in [0, 0.1) is 12.8 Å². The molecule has 1 aliphatic rings. The van der Waals surface area contributed by atoms with E-state index in [1.54, 1.807) is 13.0 Å². The third-order valence-electron chi connectivity index (χ3n) is 3.87. The fraction of sp³-hybridized carbons (Fsp3) is 0.583. The van der Waals surface area contributed by atoms with E-state index >= 15 is 0 Å². The zero-order valence-corrected chi connectivity index (χ0v) is 10.9. The molecular formula is C12H18N6O. The van der Waals surface area contributed by atoms with E-state index in [1.165, 1.54) is 10.8 Å². The molecule has 102 valence electrons. The fourth-order valence-corrected chi connectivity index (χ4v) is 2.87. The number of aromatic nitrogens is 4. The summed E-state index contributed by atoms with van der Waals surface area (Å²) in [6.45, 7) is 2.49. The van der Waals surface area contributed by atoms with Gasteiger partial charge in [-0.05, 0) is 32.2 Å². The van der Waals surface area contributed by atoms with Crippen molar-refractivity contribution in [3.05, 3.63) is 22.4 Å². The molecule has 0 amide bonds. The summed E-state index contributed by atoms with van der Waals surface area (Å²) in [5.41, 5.74) is 6.11. The average molecular weight is 262 g/mol. The summed E-state index contributed by atoms with van der Waals surface area (Å²) >= 11 is 0. The smallest absolute Gasteiger partial charge is 0.349 e. The van der Waals surface area contributed by atoms with Crippen molar-refractivity contribution >= 4 is 11.5 Å². The minimum absolute atomic E-state index is 0.257. The van der Waals surface area contributed by atoms with Crippen LogP contribution in [0.4, 0.5) is 5.82 Å². The van der Waals surface area contributed by atoms with Gasteiger partial charge in [0.2, 0.25) is 0 Å². The highest BCUT2D eigenvalue weighted by atomic mass is 16.1. The van der Waals surface area contributed by atoms with Gasteiger partial charge < -0.3 is 11.1 Å². The predicted molar refractivity (Wildman–Crippen MR) is 72.2 cm³/mol. The number of nitrogens with one attached hydrogen (secondary N) is 2. The van der Waals surface area contributed by atoms with Crippen LogP contribution in [0.3, 0.4) is 0 Å². The zero-order valence-electron chi connectivity index (χ0n) is 10.9. The molecule has 2 aromatic heterocycles. The number of nitrogens with zero attached hydrogens (tertiary/aromatic N) is 3. The topological polar surface area (TPSA) is 101 Å². The van der Waals surface area contributed by atoms with E-state index in [9.17, 15) is 4.79 Å². The summed E-state index contributed by atoms with van der Waals surface area (Å²) < 4.78 is 1.46. The first-order chi connectivity index (χ1) is 9.19. The Hall–Kier alpha value is -1.89. The molecule has 1 saturated carbocycles. The molecule has 0 spiro atoms.